The Balaban J connectivity index is 1.55. The SMILES string of the molecule is COC(=O)CC[C@@H](C)[C@H]1CCC2C3C(=O)C[C@@H]4C[C@H](C)[C@H](F)C[C@]4(C)C3CC[C@@]21C. The van der Waals surface area contributed by atoms with Crippen molar-refractivity contribution < 1.29 is 18.7 Å². The van der Waals surface area contributed by atoms with Gasteiger partial charge in [-0.1, -0.05) is 27.7 Å². The van der Waals surface area contributed by atoms with Gasteiger partial charge in [0.05, 0.1) is 7.11 Å². The first kappa shape index (κ1) is 22.3. The highest BCUT2D eigenvalue weighted by Crippen LogP contribution is 2.68. The van der Waals surface area contributed by atoms with Crippen molar-refractivity contribution in [2.75, 3.05) is 7.11 Å². The normalized spacial score (nSPS) is 49.0. The Hall–Kier alpha value is -0.930. The van der Waals surface area contributed by atoms with E-state index in [1.807, 2.05) is 6.92 Å². The number of hydrogen-bond acceptors (Lipinski definition) is 3. The maximum atomic E-state index is 14.8. The highest BCUT2D eigenvalue weighted by atomic mass is 19.1. The molecule has 10 atom stereocenters. The van der Waals surface area contributed by atoms with E-state index in [0.717, 1.165) is 38.5 Å². The molecule has 0 radical (unpaired) electrons. The third-order valence-corrected chi connectivity index (χ3v) is 10.6. The van der Waals surface area contributed by atoms with Gasteiger partial charge in [-0.15, -0.1) is 0 Å². The van der Waals surface area contributed by atoms with Crippen molar-refractivity contribution in [3.8, 4) is 0 Å². The average Bonchev–Trinajstić information content (AvgIpc) is 3.05. The molecule has 4 fully saturated rings. The zero-order chi connectivity index (χ0) is 21.8. The summed E-state index contributed by atoms with van der Waals surface area (Å²) in [5.74, 6) is 2.76. The molecule has 0 spiro atoms. The number of alkyl halides is 1. The first-order valence-electron chi connectivity index (χ1n) is 12.4. The summed E-state index contributed by atoms with van der Waals surface area (Å²) in [7, 11) is 1.46. The summed E-state index contributed by atoms with van der Waals surface area (Å²) in [5, 5.41) is 0. The van der Waals surface area contributed by atoms with Crippen LogP contribution in [0.4, 0.5) is 4.39 Å². The van der Waals surface area contributed by atoms with Crippen molar-refractivity contribution in [3.63, 3.8) is 0 Å². The van der Waals surface area contributed by atoms with Gasteiger partial charge in [0.25, 0.3) is 0 Å². The molecule has 3 unspecified atom stereocenters. The monoisotopic (exact) mass is 420 g/mol. The van der Waals surface area contributed by atoms with Crippen molar-refractivity contribution >= 4 is 11.8 Å². The molecule has 0 aliphatic heterocycles. The van der Waals surface area contributed by atoms with Crippen LogP contribution in [-0.2, 0) is 14.3 Å². The molecule has 0 aromatic heterocycles. The van der Waals surface area contributed by atoms with Gasteiger partial charge in [0.15, 0.2) is 0 Å². The van der Waals surface area contributed by atoms with Gasteiger partial charge in [0, 0.05) is 18.8 Å². The number of hydrogen-bond donors (Lipinski definition) is 0. The second kappa shape index (κ2) is 7.89. The van der Waals surface area contributed by atoms with Crippen LogP contribution >= 0.6 is 0 Å². The van der Waals surface area contributed by atoms with E-state index in [4.69, 9.17) is 4.74 Å². The number of ketones is 1. The van der Waals surface area contributed by atoms with Gasteiger partial charge in [-0.25, -0.2) is 4.39 Å². The maximum Gasteiger partial charge on any atom is 0.305 e. The topological polar surface area (TPSA) is 43.4 Å². The molecular weight excluding hydrogens is 379 g/mol. The molecule has 0 amide bonds. The lowest BCUT2D eigenvalue weighted by Gasteiger charge is -2.60. The highest BCUT2D eigenvalue weighted by Gasteiger charge is 2.63. The van der Waals surface area contributed by atoms with Crippen LogP contribution in [0.15, 0.2) is 0 Å². The Morgan fingerprint density at radius 3 is 2.60 bits per heavy atom. The Morgan fingerprint density at radius 1 is 1.20 bits per heavy atom. The summed E-state index contributed by atoms with van der Waals surface area (Å²) in [5.41, 5.74) is 0.160. The van der Waals surface area contributed by atoms with Crippen LogP contribution in [0.3, 0.4) is 0 Å². The Morgan fingerprint density at radius 2 is 1.90 bits per heavy atom. The van der Waals surface area contributed by atoms with Crippen molar-refractivity contribution in [2.24, 2.45) is 52.3 Å². The molecule has 4 saturated carbocycles. The number of carbonyl (C=O) groups is 2. The van der Waals surface area contributed by atoms with Crippen LogP contribution in [-0.4, -0.2) is 25.0 Å². The van der Waals surface area contributed by atoms with E-state index in [2.05, 4.69) is 20.8 Å². The van der Waals surface area contributed by atoms with Crippen LogP contribution in [0.1, 0.15) is 85.5 Å². The van der Waals surface area contributed by atoms with Gasteiger partial charge in [-0.2, -0.15) is 0 Å². The zero-order valence-corrected chi connectivity index (χ0v) is 19.6. The van der Waals surface area contributed by atoms with E-state index in [0.29, 0.717) is 54.6 Å². The summed E-state index contributed by atoms with van der Waals surface area (Å²) in [6, 6.07) is 0. The number of esters is 1. The third-order valence-electron chi connectivity index (χ3n) is 10.6. The standard InChI is InChI=1S/C26H41FO3/c1-15(6-9-23(29)30-5)18-7-8-19-24-20(10-11-25(18,19)3)26(4)14-21(27)16(2)12-17(26)13-22(24)28/h15-21,24H,6-14H2,1-5H3/t15-,16+,17+,18-,19?,20?,21-,24?,25-,26+/m1/s1. The molecule has 3 nitrogen and oxygen atoms in total. The lowest BCUT2D eigenvalue weighted by Crippen LogP contribution is -2.58. The molecule has 0 heterocycles. The number of halogens is 1. The lowest BCUT2D eigenvalue weighted by molar-refractivity contribution is -0.162. The number of rotatable bonds is 4. The Bertz CT molecular complexity index is 692. The molecule has 4 aliphatic carbocycles. The molecule has 0 N–H and O–H groups in total. The zero-order valence-electron chi connectivity index (χ0n) is 19.6. The summed E-state index contributed by atoms with van der Waals surface area (Å²) in [6.07, 6.45) is 7.31. The number of carbonyl (C=O) groups excluding carboxylic acids is 2. The minimum atomic E-state index is -0.719. The quantitative estimate of drug-likeness (QED) is 0.524. The lowest BCUT2D eigenvalue weighted by atomic mass is 9.43. The van der Waals surface area contributed by atoms with Gasteiger partial charge in [0.1, 0.15) is 12.0 Å². The predicted molar refractivity (Wildman–Crippen MR) is 115 cm³/mol. The Labute approximate surface area is 181 Å². The molecule has 0 saturated heterocycles. The van der Waals surface area contributed by atoms with E-state index in [-0.39, 0.29) is 28.6 Å². The van der Waals surface area contributed by atoms with E-state index < -0.39 is 6.17 Å². The molecule has 170 valence electrons. The fraction of sp³-hybridized carbons (Fsp3) is 0.923. The van der Waals surface area contributed by atoms with Crippen molar-refractivity contribution in [2.45, 2.75) is 91.7 Å². The third kappa shape index (κ3) is 3.35. The fourth-order valence-corrected chi connectivity index (χ4v) is 8.76. The largest absolute Gasteiger partial charge is 0.469 e. The first-order valence-corrected chi connectivity index (χ1v) is 12.4. The van der Waals surface area contributed by atoms with Gasteiger partial charge in [-0.05, 0) is 91.3 Å². The van der Waals surface area contributed by atoms with Crippen LogP contribution < -0.4 is 0 Å². The first-order chi connectivity index (χ1) is 14.1. The Kier molecular flexibility index (Phi) is 5.85. The van der Waals surface area contributed by atoms with Crippen LogP contribution in [0.2, 0.25) is 0 Å². The van der Waals surface area contributed by atoms with Crippen molar-refractivity contribution in [3.05, 3.63) is 0 Å². The summed E-state index contributed by atoms with van der Waals surface area (Å²) in [6.45, 7) is 9.04. The molecule has 30 heavy (non-hydrogen) atoms. The van der Waals surface area contributed by atoms with Crippen LogP contribution in [0, 0.1) is 52.3 Å². The van der Waals surface area contributed by atoms with Crippen LogP contribution in [0.25, 0.3) is 0 Å². The van der Waals surface area contributed by atoms with Gasteiger partial charge >= 0.3 is 5.97 Å². The van der Waals surface area contributed by atoms with Gasteiger partial charge in [-0.3, -0.25) is 9.59 Å². The molecule has 4 aliphatic rings. The molecule has 0 aromatic rings. The van der Waals surface area contributed by atoms with Gasteiger partial charge < -0.3 is 4.74 Å². The van der Waals surface area contributed by atoms with Crippen molar-refractivity contribution in [1.29, 1.82) is 0 Å². The number of ether oxygens (including phenoxy) is 1. The molecule has 0 bridgehead atoms. The minimum Gasteiger partial charge on any atom is -0.469 e. The van der Waals surface area contributed by atoms with Crippen LogP contribution in [0.5, 0.6) is 0 Å². The smallest absolute Gasteiger partial charge is 0.305 e. The second-order valence-electron chi connectivity index (χ2n) is 11.9. The van der Waals surface area contributed by atoms with E-state index in [9.17, 15) is 14.0 Å². The van der Waals surface area contributed by atoms with Gasteiger partial charge in [0.2, 0.25) is 0 Å². The van der Waals surface area contributed by atoms with E-state index in [1.54, 1.807) is 0 Å². The molecular formula is C26H41FO3. The summed E-state index contributed by atoms with van der Waals surface area (Å²) < 4.78 is 19.7. The maximum absolute atomic E-state index is 14.8. The fourth-order valence-electron chi connectivity index (χ4n) is 8.76. The second-order valence-corrected chi connectivity index (χ2v) is 11.9. The average molecular weight is 421 g/mol. The van der Waals surface area contributed by atoms with E-state index >= 15 is 0 Å². The van der Waals surface area contributed by atoms with Crippen molar-refractivity contribution in [1.82, 2.24) is 0 Å². The molecule has 0 aromatic carbocycles. The number of methoxy groups -OCH3 is 1. The van der Waals surface area contributed by atoms with E-state index in [1.165, 1.54) is 7.11 Å². The predicted octanol–water partition coefficient (Wildman–Crippen LogP) is 6.00. The number of fused-ring (bicyclic) bond motifs is 5. The minimum absolute atomic E-state index is 0.0135. The molecule has 4 heteroatoms. The highest BCUT2D eigenvalue weighted by molar-refractivity contribution is 5.83. The molecule has 4 rings (SSSR count). The summed E-state index contributed by atoms with van der Waals surface area (Å²) in [4.78, 5) is 25.1. The number of Topliss-reactive ketones (excluding diaryl/α,β-unsaturated/α-hetero) is 1. The summed E-state index contributed by atoms with van der Waals surface area (Å²) >= 11 is 0.